The normalized spacial score (nSPS) is 10.1. The highest BCUT2D eigenvalue weighted by Crippen LogP contribution is 2.16. The monoisotopic (exact) mass is 357 g/mol. The van der Waals surface area contributed by atoms with Crippen molar-refractivity contribution in [3.8, 4) is 6.07 Å². The van der Waals surface area contributed by atoms with Gasteiger partial charge in [-0.1, -0.05) is 29.8 Å². The smallest absolute Gasteiger partial charge is 0.270 e. The molecule has 0 bridgehead atoms. The molecule has 0 spiro atoms. The second kappa shape index (κ2) is 8.11. The van der Waals surface area contributed by atoms with Gasteiger partial charge in [-0.15, -0.1) is 0 Å². The summed E-state index contributed by atoms with van der Waals surface area (Å²) in [5.74, 6) is 0.757. The zero-order chi connectivity index (χ0) is 19.2. The Morgan fingerprint density at radius 3 is 2.56 bits per heavy atom. The first-order valence-electron chi connectivity index (χ1n) is 8.50. The van der Waals surface area contributed by atoms with Crippen LogP contribution in [0, 0.1) is 25.2 Å². The minimum absolute atomic E-state index is 0.259. The van der Waals surface area contributed by atoms with Gasteiger partial charge >= 0.3 is 0 Å². The number of carbonyl (C=O) groups excluding carboxylic acids is 1. The fourth-order valence-corrected chi connectivity index (χ4v) is 2.62. The highest BCUT2D eigenvalue weighted by Gasteiger charge is 2.11. The average molecular weight is 357 g/mol. The van der Waals surface area contributed by atoms with E-state index in [1.54, 1.807) is 37.3 Å². The van der Waals surface area contributed by atoms with E-state index in [1.807, 2.05) is 31.2 Å². The largest absolute Gasteiger partial charge is 0.347 e. The molecule has 2 aromatic carbocycles. The Labute approximate surface area is 157 Å². The quantitative estimate of drug-likeness (QED) is 0.727. The molecule has 0 saturated heterocycles. The molecule has 1 amide bonds. The predicted octanol–water partition coefficient (Wildman–Crippen LogP) is 3.64. The summed E-state index contributed by atoms with van der Waals surface area (Å²) >= 11 is 0. The summed E-state index contributed by atoms with van der Waals surface area (Å²) in [6.45, 7) is 4.18. The van der Waals surface area contributed by atoms with Crippen LogP contribution >= 0.6 is 0 Å². The number of amides is 1. The van der Waals surface area contributed by atoms with Gasteiger partial charge < -0.3 is 10.6 Å². The number of benzene rings is 2. The van der Waals surface area contributed by atoms with Gasteiger partial charge in [0.2, 0.25) is 0 Å². The number of nitrogens with zero attached hydrogens (tertiary/aromatic N) is 3. The fourth-order valence-electron chi connectivity index (χ4n) is 2.62. The first kappa shape index (κ1) is 18.1. The number of aryl methyl sites for hydroxylation is 2. The summed E-state index contributed by atoms with van der Waals surface area (Å²) in [4.78, 5) is 21.0. The molecule has 6 nitrogen and oxygen atoms in total. The molecular weight excluding hydrogens is 338 g/mol. The zero-order valence-corrected chi connectivity index (χ0v) is 15.2. The molecule has 2 N–H and O–H groups in total. The number of anilines is 2. The minimum atomic E-state index is -0.259. The van der Waals surface area contributed by atoms with Gasteiger partial charge in [-0.25, -0.2) is 9.97 Å². The van der Waals surface area contributed by atoms with Crippen LogP contribution in [0.15, 0.2) is 54.6 Å². The van der Waals surface area contributed by atoms with Crippen LogP contribution in [-0.2, 0) is 6.54 Å². The van der Waals surface area contributed by atoms with E-state index in [0.717, 1.165) is 16.8 Å². The van der Waals surface area contributed by atoms with Crippen LogP contribution in [0.1, 0.15) is 33.0 Å². The van der Waals surface area contributed by atoms with Crippen molar-refractivity contribution in [1.82, 2.24) is 15.3 Å². The minimum Gasteiger partial charge on any atom is -0.347 e. The van der Waals surface area contributed by atoms with Gasteiger partial charge in [-0.3, -0.25) is 4.79 Å². The van der Waals surface area contributed by atoms with E-state index >= 15 is 0 Å². The molecule has 1 aromatic heterocycles. The van der Waals surface area contributed by atoms with Gasteiger partial charge in [-0.2, -0.15) is 5.26 Å². The molecule has 0 atom stereocenters. The molecule has 3 aromatic rings. The number of hydrogen-bond donors (Lipinski definition) is 2. The zero-order valence-electron chi connectivity index (χ0n) is 15.2. The standard InChI is InChI=1S/C21H19N5O/c1-14-4-3-5-17(10-14)13-23-21(27)19-11-20(25-15(2)24-19)26-18-8-6-16(12-22)7-9-18/h3-11H,13H2,1-2H3,(H,23,27)(H,24,25,26). The van der Waals surface area contributed by atoms with Gasteiger partial charge in [0, 0.05) is 18.3 Å². The molecule has 6 heteroatoms. The van der Waals surface area contributed by atoms with Gasteiger partial charge in [0.25, 0.3) is 5.91 Å². The lowest BCUT2D eigenvalue weighted by Crippen LogP contribution is -2.24. The van der Waals surface area contributed by atoms with E-state index < -0.39 is 0 Å². The third-order valence-electron chi connectivity index (χ3n) is 3.89. The Morgan fingerprint density at radius 1 is 1.07 bits per heavy atom. The fraction of sp³-hybridized carbons (Fsp3) is 0.143. The number of nitriles is 1. The van der Waals surface area contributed by atoms with Crippen LogP contribution in [0.3, 0.4) is 0 Å². The molecule has 3 rings (SSSR count). The Hall–Kier alpha value is -3.72. The molecule has 0 aliphatic carbocycles. The Balaban J connectivity index is 1.71. The molecule has 0 unspecified atom stereocenters. The Morgan fingerprint density at radius 2 is 1.85 bits per heavy atom. The van der Waals surface area contributed by atoms with Crippen LogP contribution in [0.25, 0.3) is 0 Å². The maximum Gasteiger partial charge on any atom is 0.270 e. The van der Waals surface area contributed by atoms with Crippen LogP contribution in [0.2, 0.25) is 0 Å². The van der Waals surface area contributed by atoms with Crippen LogP contribution in [0.5, 0.6) is 0 Å². The summed E-state index contributed by atoms with van der Waals surface area (Å²) in [5, 5.41) is 14.9. The number of nitrogens with one attached hydrogen (secondary N) is 2. The number of aromatic nitrogens is 2. The van der Waals surface area contributed by atoms with E-state index in [-0.39, 0.29) is 5.91 Å². The third-order valence-corrected chi connectivity index (χ3v) is 3.89. The topological polar surface area (TPSA) is 90.7 Å². The number of carbonyl (C=O) groups is 1. The van der Waals surface area contributed by atoms with Crippen molar-refractivity contribution in [2.24, 2.45) is 0 Å². The predicted molar refractivity (Wildman–Crippen MR) is 104 cm³/mol. The number of rotatable bonds is 5. The summed E-state index contributed by atoms with van der Waals surface area (Å²) < 4.78 is 0. The lowest BCUT2D eigenvalue weighted by molar-refractivity contribution is 0.0945. The van der Waals surface area contributed by atoms with Crippen molar-refractivity contribution in [2.75, 3.05) is 5.32 Å². The first-order chi connectivity index (χ1) is 13.0. The molecule has 0 aliphatic rings. The second-order valence-corrected chi connectivity index (χ2v) is 6.17. The van der Waals surface area contributed by atoms with E-state index in [1.165, 1.54) is 0 Å². The van der Waals surface area contributed by atoms with E-state index in [2.05, 4.69) is 26.7 Å². The molecular formula is C21H19N5O. The number of hydrogen-bond acceptors (Lipinski definition) is 5. The Bertz CT molecular complexity index is 1010. The van der Waals surface area contributed by atoms with Crippen LogP contribution in [0.4, 0.5) is 11.5 Å². The third kappa shape index (κ3) is 4.89. The summed E-state index contributed by atoms with van der Waals surface area (Å²) in [7, 11) is 0. The second-order valence-electron chi connectivity index (χ2n) is 6.17. The highest BCUT2D eigenvalue weighted by atomic mass is 16.1. The molecule has 27 heavy (non-hydrogen) atoms. The molecule has 0 fully saturated rings. The first-order valence-corrected chi connectivity index (χ1v) is 8.50. The van der Waals surface area contributed by atoms with Crippen molar-refractivity contribution < 1.29 is 4.79 Å². The molecule has 0 radical (unpaired) electrons. The van der Waals surface area contributed by atoms with Crippen molar-refractivity contribution in [3.05, 3.63) is 82.8 Å². The van der Waals surface area contributed by atoms with Crippen LogP contribution in [-0.4, -0.2) is 15.9 Å². The summed E-state index contributed by atoms with van der Waals surface area (Å²) in [6.07, 6.45) is 0. The van der Waals surface area contributed by atoms with E-state index in [9.17, 15) is 4.79 Å². The van der Waals surface area contributed by atoms with E-state index in [4.69, 9.17) is 5.26 Å². The summed E-state index contributed by atoms with van der Waals surface area (Å²) in [6, 6.07) is 18.7. The Kier molecular flexibility index (Phi) is 5.43. The molecule has 0 aliphatic heterocycles. The van der Waals surface area contributed by atoms with Crippen molar-refractivity contribution in [1.29, 1.82) is 5.26 Å². The highest BCUT2D eigenvalue weighted by molar-refractivity contribution is 5.93. The van der Waals surface area contributed by atoms with Gasteiger partial charge in [0.15, 0.2) is 0 Å². The average Bonchev–Trinajstić information content (AvgIpc) is 2.66. The lowest BCUT2D eigenvalue weighted by atomic mass is 10.1. The van der Waals surface area contributed by atoms with Crippen molar-refractivity contribution >= 4 is 17.4 Å². The van der Waals surface area contributed by atoms with Crippen LogP contribution < -0.4 is 10.6 Å². The maximum atomic E-state index is 12.5. The van der Waals surface area contributed by atoms with Crippen molar-refractivity contribution in [3.63, 3.8) is 0 Å². The van der Waals surface area contributed by atoms with Crippen molar-refractivity contribution in [2.45, 2.75) is 20.4 Å². The molecule has 134 valence electrons. The van der Waals surface area contributed by atoms with Gasteiger partial charge in [0.05, 0.1) is 11.6 Å². The van der Waals surface area contributed by atoms with E-state index in [0.29, 0.717) is 29.4 Å². The van der Waals surface area contributed by atoms with Gasteiger partial charge in [0.1, 0.15) is 17.3 Å². The lowest BCUT2D eigenvalue weighted by Gasteiger charge is -2.09. The van der Waals surface area contributed by atoms with Gasteiger partial charge in [-0.05, 0) is 43.7 Å². The summed E-state index contributed by atoms with van der Waals surface area (Å²) in [5.41, 5.74) is 3.83. The maximum absolute atomic E-state index is 12.5. The SMILES string of the molecule is Cc1cccc(CNC(=O)c2cc(Nc3ccc(C#N)cc3)nc(C)n2)c1. The molecule has 1 heterocycles. The molecule has 0 saturated carbocycles.